The van der Waals surface area contributed by atoms with Gasteiger partial charge < -0.3 is 10.1 Å². The molecular formula is C13H14INO2. The number of ether oxygens (including phenoxy) is 1. The summed E-state index contributed by atoms with van der Waals surface area (Å²) in [5.41, 5.74) is 0.757. The average molecular weight is 343 g/mol. The van der Waals surface area contributed by atoms with Gasteiger partial charge in [-0.3, -0.25) is 4.79 Å². The maximum atomic E-state index is 12.2. The Morgan fingerprint density at radius 1 is 1.47 bits per heavy atom. The topological polar surface area (TPSA) is 38.3 Å². The maximum absolute atomic E-state index is 12.2. The third-order valence-electron chi connectivity index (χ3n) is 3.83. The van der Waals surface area contributed by atoms with Crippen LogP contribution in [0.2, 0.25) is 0 Å². The van der Waals surface area contributed by atoms with Crippen LogP contribution >= 0.6 is 22.6 Å². The molecule has 1 N–H and O–H groups in total. The predicted octanol–water partition coefficient (Wildman–Crippen LogP) is 2.58. The van der Waals surface area contributed by atoms with Crippen LogP contribution in [0.15, 0.2) is 18.2 Å². The molecule has 4 rings (SSSR count). The lowest BCUT2D eigenvalue weighted by Gasteiger charge is -2.61. The minimum absolute atomic E-state index is 0.00333. The van der Waals surface area contributed by atoms with Crippen molar-refractivity contribution in [3.63, 3.8) is 0 Å². The molecular weight excluding hydrogens is 329 g/mol. The van der Waals surface area contributed by atoms with E-state index in [-0.39, 0.29) is 11.4 Å². The van der Waals surface area contributed by atoms with Gasteiger partial charge in [0.1, 0.15) is 5.75 Å². The summed E-state index contributed by atoms with van der Waals surface area (Å²) < 4.78 is 6.33. The van der Waals surface area contributed by atoms with Crippen molar-refractivity contribution in [3.8, 4) is 5.75 Å². The van der Waals surface area contributed by atoms with Crippen molar-refractivity contribution in [1.82, 2.24) is 5.32 Å². The van der Waals surface area contributed by atoms with E-state index < -0.39 is 0 Å². The van der Waals surface area contributed by atoms with Crippen LogP contribution < -0.4 is 10.1 Å². The van der Waals surface area contributed by atoms with E-state index in [1.54, 1.807) is 7.11 Å². The van der Waals surface area contributed by atoms with Gasteiger partial charge >= 0.3 is 0 Å². The smallest absolute Gasteiger partial charge is 0.255 e. The zero-order valence-corrected chi connectivity index (χ0v) is 11.8. The standard InChI is InChI=1S/C13H14INO2/c1-17-11-4-9(14)2-3-10(11)12(16)15-13-5-8(6-13)7-13/h2-4,8H,5-7H2,1H3,(H,15,16). The SMILES string of the molecule is COc1cc(I)ccc1C(=O)NC12CC(C1)C2. The molecule has 0 saturated heterocycles. The molecule has 1 amide bonds. The highest BCUT2D eigenvalue weighted by atomic mass is 127. The molecule has 3 saturated carbocycles. The molecule has 3 aliphatic carbocycles. The zero-order chi connectivity index (χ0) is 12.0. The largest absolute Gasteiger partial charge is 0.496 e. The van der Waals surface area contributed by atoms with E-state index in [4.69, 9.17) is 4.74 Å². The van der Waals surface area contributed by atoms with Crippen molar-refractivity contribution in [2.24, 2.45) is 5.92 Å². The Bertz CT molecular complexity index is 469. The number of hydrogen-bond donors (Lipinski definition) is 1. The first kappa shape index (κ1) is 11.3. The number of halogens is 1. The molecule has 0 aliphatic heterocycles. The number of carbonyl (C=O) groups excluding carboxylic acids is 1. The lowest BCUT2D eigenvalue weighted by Crippen LogP contribution is -2.68. The normalized spacial score (nSPS) is 28.9. The van der Waals surface area contributed by atoms with E-state index >= 15 is 0 Å². The minimum Gasteiger partial charge on any atom is -0.496 e. The van der Waals surface area contributed by atoms with Crippen molar-refractivity contribution in [2.75, 3.05) is 7.11 Å². The Hall–Kier alpha value is -0.780. The summed E-state index contributed by atoms with van der Waals surface area (Å²) in [7, 11) is 1.60. The quantitative estimate of drug-likeness (QED) is 0.857. The van der Waals surface area contributed by atoms with Gasteiger partial charge in [-0.15, -0.1) is 0 Å². The molecule has 0 radical (unpaired) electrons. The van der Waals surface area contributed by atoms with Gasteiger partial charge in [-0.1, -0.05) is 0 Å². The summed E-state index contributed by atoms with van der Waals surface area (Å²) in [6.07, 6.45) is 3.47. The molecule has 0 atom stereocenters. The van der Waals surface area contributed by atoms with Crippen LogP contribution in [0.4, 0.5) is 0 Å². The van der Waals surface area contributed by atoms with Gasteiger partial charge in [-0.2, -0.15) is 0 Å². The lowest BCUT2D eigenvalue weighted by molar-refractivity contribution is -0.0439. The maximum Gasteiger partial charge on any atom is 0.255 e. The number of carbonyl (C=O) groups is 1. The van der Waals surface area contributed by atoms with E-state index in [0.717, 1.165) is 28.8 Å². The molecule has 2 bridgehead atoms. The molecule has 0 aromatic heterocycles. The van der Waals surface area contributed by atoms with Crippen molar-refractivity contribution in [3.05, 3.63) is 27.3 Å². The lowest BCUT2D eigenvalue weighted by atomic mass is 9.50. The first-order chi connectivity index (χ1) is 8.12. The third kappa shape index (κ3) is 1.82. The molecule has 17 heavy (non-hydrogen) atoms. The predicted molar refractivity (Wildman–Crippen MR) is 73.2 cm³/mol. The second kappa shape index (κ2) is 3.86. The molecule has 4 heteroatoms. The van der Waals surface area contributed by atoms with Crippen molar-refractivity contribution in [1.29, 1.82) is 0 Å². The Kier molecular flexibility index (Phi) is 2.57. The van der Waals surface area contributed by atoms with E-state index in [9.17, 15) is 4.79 Å². The fraction of sp³-hybridized carbons (Fsp3) is 0.462. The van der Waals surface area contributed by atoms with E-state index in [1.165, 1.54) is 0 Å². The highest BCUT2D eigenvalue weighted by molar-refractivity contribution is 14.1. The molecule has 0 unspecified atom stereocenters. The molecule has 1 aromatic carbocycles. The number of rotatable bonds is 3. The molecule has 1 aromatic rings. The van der Waals surface area contributed by atoms with Crippen LogP contribution in [0.3, 0.4) is 0 Å². The number of benzene rings is 1. The Balaban J connectivity index is 1.80. The van der Waals surface area contributed by atoms with Crippen LogP contribution in [0.1, 0.15) is 29.6 Å². The van der Waals surface area contributed by atoms with Gasteiger partial charge in [-0.25, -0.2) is 0 Å². The van der Waals surface area contributed by atoms with Crippen molar-refractivity contribution in [2.45, 2.75) is 24.8 Å². The molecule has 3 aliphatic rings. The highest BCUT2D eigenvalue weighted by Gasteiger charge is 2.57. The Labute approximate surface area is 114 Å². The zero-order valence-electron chi connectivity index (χ0n) is 9.63. The van der Waals surface area contributed by atoms with Gasteiger partial charge in [0, 0.05) is 9.11 Å². The van der Waals surface area contributed by atoms with Gasteiger partial charge in [0.2, 0.25) is 0 Å². The number of hydrogen-bond acceptors (Lipinski definition) is 2. The second-order valence-corrected chi connectivity index (χ2v) is 6.30. The van der Waals surface area contributed by atoms with Gasteiger partial charge in [-0.05, 0) is 66.0 Å². The van der Waals surface area contributed by atoms with E-state index in [1.807, 2.05) is 18.2 Å². The second-order valence-electron chi connectivity index (χ2n) is 5.06. The van der Waals surface area contributed by atoms with Gasteiger partial charge in [0.25, 0.3) is 5.91 Å². The van der Waals surface area contributed by atoms with Crippen molar-refractivity contribution >= 4 is 28.5 Å². The number of amides is 1. The summed E-state index contributed by atoms with van der Waals surface area (Å²) in [5.74, 6) is 1.52. The molecule has 0 spiro atoms. The summed E-state index contributed by atoms with van der Waals surface area (Å²) in [6.45, 7) is 0. The Morgan fingerprint density at radius 2 is 2.18 bits per heavy atom. The van der Waals surface area contributed by atoms with Crippen LogP contribution in [0.25, 0.3) is 0 Å². The van der Waals surface area contributed by atoms with Gasteiger partial charge in [0.05, 0.1) is 12.7 Å². The Morgan fingerprint density at radius 3 is 2.71 bits per heavy atom. The number of nitrogens with one attached hydrogen (secondary N) is 1. The average Bonchev–Trinajstić information content (AvgIpc) is 2.21. The van der Waals surface area contributed by atoms with Crippen LogP contribution in [0.5, 0.6) is 5.75 Å². The van der Waals surface area contributed by atoms with Crippen LogP contribution in [0, 0.1) is 9.49 Å². The van der Waals surface area contributed by atoms with E-state index in [0.29, 0.717) is 11.3 Å². The highest BCUT2D eigenvalue weighted by Crippen LogP contribution is 2.57. The summed E-state index contributed by atoms with van der Waals surface area (Å²) in [4.78, 5) is 12.2. The van der Waals surface area contributed by atoms with Crippen molar-refractivity contribution < 1.29 is 9.53 Å². The third-order valence-corrected chi connectivity index (χ3v) is 4.50. The molecule has 90 valence electrons. The number of methoxy groups -OCH3 is 1. The van der Waals surface area contributed by atoms with Crippen LogP contribution in [-0.2, 0) is 0 Å². The first-order valence-corrected chi connectivity index (χ1v) is 6.86. The molecule has 3 fully saturated rings. The molecule has 3 nitrogen and oxygen atoms in total. The molecule has 0 heterocycles. The van der Waals surface area contributed by atoms with E-state index in [2.05, 4.69) is 27.9 Å². The monoisotopic (exact) mass is 343 g/mol. The summed E-state index contributed by atoms with van der Waals surface area (Å²) >= 11 is 2.21. The fourth-order valence-corrected chi connectivity index (χ4v) is 3.25. The summed E-state index contributed by atoms with van der Waals surface area (Å²) in [5, 5.41) is 3.15. The summed E-state index contributed by atoms with van der Waals surface area (Å²) in [6, 6.07) is 5.65. The van der Waals surface area contributed by atoms with Crippen LogP contribution in [-0.4, -0.2) is 18.6 Å². The fourth-order valence-electron chi connectivity index (χ4n) is 2.79. The minimum atomic E-state index is -0.00333. The first-order valence-electron chi connectivity index (χ1n) is 5.78. The van der Waals surface area contributed by atoms with Gasteiger partial charge in [0.15, 0.2) is 0 Å².